The number of hydrogen-bond donors (Lipinski definition) is 1. The van der Waals surface area contributed by atoms with E-state index in [9.17, 15) is 9.59 Å². The number of carbonyl (C=O) groups excluding carboxylic acids is 2. The van der Waals surface area contributed by atoms with Crippen molar-refractivity contribution in [2.24, 2.45) is 5.92 Å². The SMILES string of the molecule is COc1ccc(CCN2CC(C(=O)NC(C)c3oc4ccccc4c3C)CC2=O)cc1OC. The minimum atomic E-state index is -0.366. The van der Waals surface area contributed by atoms with Crippen LogP contribution in [0.2, 0.25) is 0 Å². The monoisotopic (exact) mass is 450 g/mol. The predicted molar refractivity (Wildman–Crippen MR) is 125 cm³/mol. The van der Waals surface area contributed by atoms with Gasteiger partial charge in [0.05, 0.1) is 26.2 Å². The minimum absolute atomic E-state index is 0.00296. The summed E-state index contributed by atoms with van der Waals surface area (Å²) in [4.78, 5) is 27.2. The molecule has 1 aliphatic heterocycles. The van der Waals surface area contributed by atoms with E-state index in [4.69, 9.17) is 13.9 Å². The Bertz CT molecular complexity index is 1170. The lowest BCUT2D eigenvalue weighted by Crippen LogP contribution is -2.35. The molecule has 7 heteroatoms. The van der Waals surface area contributed by atoms with E-state index in [2.05, 4.69) is 5.32 Å². The van der Waals surface area contributed by atoms with E-state index in [0.29, 0.717) is 31.0 Å². The summed E-state index contributed by atoms with van der Waals surface area (Å²) in [5.74, 6) is 1.60. The van der Waals surface area contributed by atoms with Crippen LogP contribution in [0.15, 0.2) is 46.9 Å². The number of fused-ring (bicyclic) bond motifs is 1. The van der Waals surface area contributed by atoms with E-state index in [1.807, 2.05) is 56.3 Å². The second-order valence-electron chi connectivity index (χ2n) is 8.50. The van der Waals surface area contributed by atoms with Crippen molar-refractivity contribution >= 4 is 22.8 Å². The van der Waals surface area contributed by atoms with E-state index in [1.54, 1.807) is 19.1 Å². The van der Waals surface area contributed by atoms with Crippen LogP contribution in [0.4, 0.5) is 0 Å². The van der Waals surface area contributed by atoms with Gasteiger partial charge in [0.1, 0.15) is 11.3 Å². The van der Waals surface area contributed by atoms with Crippen LogP contribution < -0.4 is 14.8 Å². The molecule has 7 nitrogen and oxygen atoms in total. The maximum Gasteiger partial charge on any atom is 0.226 e. The van der Waals surface area contributed by atoms with Crippen molar-refractivity contribution in [1.82, 2.24) is 10.2 Å². The van der Waals surface area contributed by atoms with Crippen molar-refractivity contribution < 1.29 is 23.5 Å². The molecule has 2 aromatic carbocycles. The first-order chi connectivity index (χ1) is 15.9. The minimum Gasteiger partial charge on any atom is -0.493 e. The van der Waals surface area contributed by atoms with Gasteiger partial charge in [-0.1, -0.05) is 24.3 Å². The van der Waals surface area contributed by atoms with Crippen molar-refractivity contribution in [3.63, 3.8) is 0 Å². The van der Waals surface area contributed by atoms with Gasteiger partial charge in [0.15, 0.2) is 11.5 Å². The van der Waals surface area contributed by atoms with Gasteiger partial charge in [-0.2, -0.15) is 0 Å². The Labute approximate surface area is 193 Å². The zero-order chi connectivity index (χ0) is 23.5. The molecule has 0 saturated carbocycles. The summed E-state index contributed by atoms with van der Waals surface area (Å²) in [5.41, 5.74) is 2.88. The molecule has 0 aliphatic carbocycles. The Morgan fingerprint density at radius 3 is 2.67 bits per heavy atom. The fourth-order valence-electron chi connectivity index (χ4n) is 4.47. The van der Waals surface area contributed by atoms with Gasteiger partial charge in [-0.25, -0.2) is 0 Å². The number of hydrogen-bond acceptors (Lipinski definition) is 5. The van der Waals surface area contributed by atoms with Crippen LogP contribution in [0.3, 0.4) is 0 Å². The summed E-state index contributed by atoms with van der Waals surface area (Å²) in [6.07, 6.45) is 0.901. The number of nitrogens with one attached hydrogen (secondary N) is 1. The molecule has 4 rings (SSSR count). The quantitative estimate of drug-likeness (QED) is 0.561. The smallest absolute Gasteiger partial charge is 0.226 e. The molecule has 1 aromatic heterocycles. The average Bonchev–Trinajstić information content (AvgIpc) is 3.37. The number of amides is 2. The van der Waals surface area contributed by atoms with Crippen molar-refractivity contribution in [2.45, 2.75) is 32.7 Å². The molecule has 33 heavy (non-hydrogen) atoms. The van der Waals surface area contributed by atoms with Gasteiger partial charge in [-0.05, 0) is 44.0 Å². The van der Waals surface area contributed by atoms with Crippen molar-refractivity contribution in [1.29, 1.82) is 0 Å². The molecular weight excluding hydrogens is 420 g/mol. The normalized spacial score (nSPS) is 16.8. The molecule has 174 valence electrons. The highest BCUT2D eigenvalue weighted by atomic mass is 16.5. The Morgan fingerprint density at radius 2 is 1.94 bits per heavy atom. The van der Waals surface area contributed by atoms with Crippen LogP contribution in [0.25, 0.3) is 11.0 Å². The molecule has 1 N–H and O–H groups in total. The third-order valence-electron chi connectivity index (χ3n) is 6.34. The number of methoxy groups -OCH3 is 2. The number of ether oxygens (including phenoxy) is 2. The number of likely N-dealkylation sites (tertiary alicyclic amines) is 1. The van der Waals surface area contributed by atoms with Crippen LogP contribution in [0.5, 0.6) is 11.5 Å². The molecule has 2 unspecified atom stereocenters. The Kier molecular flexibility index (Phi) is 6.58. The van der Waals surface area contributed by atoms with E-state index in [0.717, 1.165) is 27.9 Å². The van der Waals surface area contributed by atoms with Gasteiger partial charge in [0.2, 0.25) is 11.8 Å². The number of para-hydroxylation sites is 1. The lowest BCUT2D eigenvalue weighted by atomic mass is 10.1. The standard InChI is InChI=1S/C26H30N2O5/c1-16-20-7-5-6-8-21(20)33-25(16)17(2)27-26(30)19-14-24(29)28(15-19)12-11-18-9-10-22(31-3)23(13-18)32-4/h5-10,13,17,19H,11-12,14-15H2,1-4H3,(H,27,30). The summed E-state index contributed by atoms with van der Waals surface area (Å²) in [6, 6.07) is 13.3. The molecule has 3 aromatic rings. The van der Waals surface area contributed by atoms with E-state index in [-0.39, 0.29) is 30.2 Å². The summed E-state index contributed by atoms with van der Waals surface area (Å²) in [5, 5.41) is 4.09. The lowest BCUT2D eigenvalue weighted by molar-refractivity contribution is -0.129. The molecule has 1 saturated heterocycles. The van der Waals surface area contributed by atoms with Gasteiger partial charge in [-0.3, -0.25) is 9.59 Å². The second kappa shape index (κ2) is 9.57. The van der Waals surface area contributed by atoms with Gasteiger partial charge >= 0.3 is 0 Å². The highest BCUT2D eigenvalue weighted by Gasteiger charge is 2.35. The van der Waals surface area contributed by atoms with Gasteiger partial charge in [0, 0.05) is 30.5 Å². The zero-order valence-corrected chi connectivity index (χ0v) is 19.5. The average molecular weight is 451 g/mol. The number of rotatable bonds is 8. The molecule has 0 spiro atoms. The van der Waals surface area contributed by atoms with Crippen LogP contribution in [0, 0.1) is 12.8 Å². The van der Waals surface area contributed by atoms with Crippen LogP contribution in [0.1, 0.15) is 36.3 Å². The summed E-state index contributed by atoms with van der Waals surface area (Å²) < 4.78 is 16.6. The molecule has 2 amide bonds. The van der Waals surface area contributed by atoms with E-state index in [1.165, 1.54) is 0 Å². The number of benzene rings is 2. The number of nitrogens with zero attached hydrogens (tertiary/aromatic N) is 1. The molecule has 2 heterocycles. The number of aryl methyl sites for hydroxylation is 1. The molecule has 0 bridgehead atoms. The molecule has 1 aliphatic rings. The summed E-state index contributed by atoms with van der Waals surface area (Å²) in [6.45, 7) is 4.88. The maximum absolute atomic E-state index is 12.9. The van der Waals surface area contributed by atoms with Gasteiger partial charge in [-0.15, -0.1) is 0 Å². The predicted octanol–water partition coefficient (Wildman–Crippen LogP) is 4.03. The second-order valence-corrected chi connectivity index (χ2v) is 8.50. The molecule has 2 atom stereocenters. The van der Waals surface area contributed by atoms with Gasteiger partial charge in [0.25, 0.3) is 0 Å². The highest BCUT2D eigenvalue weighted by molar-refractivity contribution is 5.89. The Balaban J connectivity index is 1.35. The summed E-state index contributed by atoms with van der Waals surface area (Å²) in [7, 11) is 3.20. The first-order valence-corrected chi connectivity index (χ1v) is 11.2. The highest BCUT2D eigenvalue weighted by Crippen LogP contribution is 2.30. The van der Waals surface area contributed by atoms with Crippen molar-refractivity contribution in [3.05, 3.63) is 59.4 Å². The fraction of sp³-hybridized carbons (Fsp3) is 0.385. The van der Waals surface area contributed by atoms with E-state index >= 15 is 0 Å². The van der Waals surface area contributed by atoms with Crippen molar-refractivity contribution in [2.75, 3.05) is 27.3 Å². The first kappa shape index (κ1) is 22.7. The zero-order valence-electron chi connectivity index (χ0n) is 19.5. The van der Waals surface area contributed by atoms with Crippen LogP contribution >= 0.6 is 0 Å². The fourth-order valence-corrected chi connectivity index (χ4v) is 4.47. The van der Waals surface area contributed by atoms with Crippen LogP contribution in [-0.4, -0.2) is 44.0 Å². The third kappa shape index (κ3) is 4.67. The number of furan rings is 1. The first-order valence-electron chi connectivity index (χ1n) is 11.2. The Morgan fingerprint density at radius 1 is 1.18 bits per heavy atom. The molecule has 1 fully saturated rings. The summed E-state index contributed by atoms with van der Waals surface area (Å²) >= 11 is 0. The Hall–Kier alpha value is -3.48. The van der Waals surface area contributed by atoms with Crippen LogP contribution in [-0.2, 0) is 16.0 Å². The maximum atomic E-state index is 12.9. The molecule has 0 radical (unpaired) electrons. The topological polar surface area (TPSA) is 81.0 Å². The van der Waals surface area contributed by atoms with Crippen molar-refractivity contribution in [3.8, 4) is 11.5 Å². The lowest BCUT2D eigenvalue weighted by Gasteiger charge is -2.18. The third-order valence-corrected chi connectivity index (χ3v) is 6.34. The molecular formula is C26H30N2O5. The number of carbonyl (C=O) groups is 2. The van der Waals surface area contributed by atoms with E-state index < -0.39 is 0 Å². The van der Waals surface area contributed by atoms with Gasteiger partial charge < -0.3 is 24.1 Å². The largest absolute Gasteiger partial charge is 0.493 e.